The molecule has 5 rings (SSSR count). The Labute approximate surface area is 236 Å². The minimum Gasteiger partial charge on any atom is -0.369 e. The topological polar surface area (TPSA) is 92.5 Å². The summed E-state index contributed by atoms with van der Waals surface area (Å²) in [5, 5.41) is 3.15. The lowest BCUT2D eigenvalue weighted by Gasteiger charge is -2.30. The first-order valence-corrected chi connectivity index (χ1v) is 14.2. The normalized spacial score (nSPS) is 20.9. The highest BCUT2D eigenvalue weighted by molar-refractivity contribution is 6.32. The molecule has 40 heavy (non-hydrogen) atoms. The van der Waals surface area contributed by atoms with Crippen LogP contribution in [-0.4, -0.2) is 36.4 Å². The van der Waals surface area contributed by atoms with E-state index in [-0.39, 0.29) is 31.1 Å². The number of carbonyl (C=O) groups excluding carboxylic acids is 3. The molecule has 6 nitrogen and oxygen atoms in total. The fourth-order valence-corrected chi connectivity index (χ4v) is 5.93. The van der Waals surface area contributed by atoms with Crippen molar-refractivity contribution in [2.45, 2.75) is 69.5 Å². The minimum absolute atomic E-state index is 0.0483. The van der Waals surface area contributed by atoms with Crippen molar-refractivity contribution in [3.63, 3.8) is 0 Å². The van der Waals surface area contributed by atoms with Crippen LogP contribution in [0.25, 0.3) is 0 Å². The lowest BCUT2D eigenvalue weighted by Crippen LogP contribution is -2.51. The van der Waals surface area contributed by atoms with Gasteiger partial charge in [-0.2, -0.15) is 13.2 Å². The van der Waals surface area contributed by atoms with Crippen LogP contribution in [0.2, 0.25) is 5.02 Å². The van der Waals surface area contributed by atoms with Crippen molar-refractivity contribution in [3.05, 3.63) is 58.6 Å². The number of amides is 2. The number of benzene rings is 2. The molecule has 0 radical (unpaired) electrons. The highest BCUT2D eigenvalue weighted by atomic mass is 35.5. The number of nitrogens with one attached hydrogen (secondary N) is 1. The van der Waals surface area contributed by atoms with E-state index in [2.05, 4.69) is 17.4 Å². The summed E-state index contributed by atoms with van der Waals surface area (Å²) < 4.78 is 39.6. The summed E-state index contributed by atoms with van der Waals surface area (Å²) in [5.74, 6) is -3.51. The number of nitrogens with zero attached hydrogens (tertiary/aromatic N) is 1. The van der Waals surface area contributed by atoms with Gasteiger partial charge in [-0.25, -0.2) is 0 Å². The molecule has 3 N–H and O–H groups in total. The highest BCUT2D eigenvalue weighted by Crippen LogP contribution is 2.43. The van der Waals surface area contributed by atoms with Crippen LogP contribution in [-0.2, 0) is 20.8 Å². The van der Waals surface area contributed by atoms with Crippen LogP contribution >= 0.6 is 11.6 Å². The zero-order chi connectivity index (χ0) is 28.6. The number of hydrogen-bond donors (Lipinski definition) is 2. The van der Waals surface area contributed by atoms with Gasteiger partial charge in [0, 0.05) is 46.6 Å². The molecule has 2 saturated carbocycles. The van der Waals surface area contributed by atoms with E-state index in [0.29, 0.717) is 16.5 Å². The maximum absolute atomic E-state index is 13.6. The monoisotopic (exact) mass is 575 g/mol. The summed E-state index contributed by atoms with van der Waals surface area (Å²) in [4.78, 5) is 41.3. The Hall–Kier alpha value is -3.07. The number of hydrogen-bond acceptors (Lipinski definition) is 4. The van der Waals surface area contributed by atoms with Gasteiger partial charge in [0.2, 0.25) is 11.8 Å². The number of rotatable bonds is 10. The van der Waals surface area contributed by atoms with Gasteiger partial charge in [0.05, 0.1) is 6.54 Å². The summed E-state index contributed by atoms with van der Waals surface area (Å²) in [6, 6.07) is 12.4. The average molecular weight is 576 g/mol. The maximum Gasteiger partial charge on any atom is 0.389 e. The minimum atomic E-state index is -4.50. The quantitative estimate of drug-likeness (QED) is 0.373. The van der Waals surface area contributed by atoms with Gasteiger partial charge in [-0.1, -0.05) is 42.6 Å². The van der Waals surface area contributed by atoms with Crippen molar-refractivity contribution in [2.24, 2.45) is 23.5 Å². The predicted molar refractivity (Wildman–Crippen MR) is 146 cm³/mol. The Morgan fingerprint density at radius 1 is 1.07 bits per heavy atom. The van der Waals surface area contributed by atoms with Crippen LogP contribution < -0.4 is 16.0 Å². The molecule has 0 bridgehead atoms. The fourth-order valence-electron chi connectivity index (χ4n) is 5.69. The molecule has 214 valence electrons. The number of ketones is 1. The number of Topliss-reactive ketones (excluding diaryl/α,β-unsaturated/α-hetero) is 1. The SMILES string of the molecule is NC(=O)[C@@H](CC1CC1)[C@@H](CCC(F)(F)F)C(=O)N[C@H]1CN(c2cccc(C3CC3)c2)c2cccc(Cl)c2CC1=O. The molecular formula is C30H33ClF3N3O3. The van der Waals surface area contributed by atoms with Crippen LogP contribution in [0.4, 0.5) is 24.5 Å². The van der Waals surface area contributed by atoms with Crippen molar-refractivity contribution in [2.75, 3.05) is 11.4 Å². The van der Waals surface area contributed by atoms with E-state index in [4.69, 9.17) is 17.3 Å². The number of halogens is 4. The molecule has 0 saturated heterocycles. The van der Waals surface area contributed by atoms with Gasteiger partial charge in [0.1, 0.15) is 6.04 Å². The molecule has 10 heteroatoms. The Morgan fingerprint density at radius 3 is 2.45 bits per heavy atom. The van der Waals surface area contributed by atoms with E-state index in [1.807, 2.05) is 23.1 Å². The number of fused-ring (bicyclic) bond motifs is 1. The van der Waals surface area contributed by atoms with E-state index in [9.17, 15) is 27.6 Å². The Bertz CT molecular complexity index is 1290. The van der Waals surface area contributed by atoms with Gasteiger partial charge in [0.25, 0.3) is 0 Å². The molecule has 2 aromatic rings. The molecule has 2 aromatic carbocycles. The van der Waals surface area contributed by atoms with Gasteiger partial charge in [0.15, 0.2) is 5.78 Å². The number of carbonyl (C=O) groups is 3. The largest absolute Gasteiger partial charge is 0.389 e. The third-order valence-electron chi connectivity index (χ3n) is 8.25. The maximum atomic E-state index is 13.6. The lowest BCUT2D eigenvalue weighted by molar-refractivity contribution is -0.146. The second-order valence-electron chi connectivity index (χ2n) is 11.4. The molecule has 0 unspecified atom stereocenters. The van der Waals surface area contributed by atoms with Crippen LogP contribution in [0, 0.1) is 17.8 Å². The standard InChI is InChI=1S/C30H33ClF3N3O3/c31-24-5-2-6-26-23(24)15-27(38)25(16-37(26)20-4-1-3-19(14-20)18-9-10-18)36-29(40)21(11-12-30(32,33)34)22(28(35)39)13-17-7-8-17/h1-6,14,17-18,21-22,25H,7-13,15-16H2,(H2,35,39)(H,36,40)/t21-,22+,25+/m1/s1. The molecule has 1 aliphatic heterocycles. The molecule has 2 aliphatic carbocycles. The van der Waals surface area contributed by atoms with Gasteiger partial charge in [-0.15, -0.1) is 0 Å². The molecule has 0 aromatic heterocycles. The number of alkyl halides is 3. The van der Waals surface area contributed by atoms with Crippen LogP contribution in [0.3, 0.4) is 0 Å². The summed E-state index contributed by atoms with van der Waals surface area (Å²) in [6.07, 6.45) is -2.14. The van der Waals surface area contributed by atoms with Crippen LogP contribution in [0.15, 0.2) is 42.5 Å². The summed E-state index contributed by atoms with van der Waals surface area (Å²) in [7, 11) is 0. The van der Waals surface area contributed by atoms with Gasteiger partial charge < -0.3 is 16.0 Å². The summed E-state index contributed by atoms with van der Waals surface area (Å²) in [6.45, 7) is 0.0713. The third kappa shape index (κ3) is 6.79. The molecule has 1 heterocycles. The second kappa shape index (κ2) is 11.4. The Morgan fingerprint density at radius 2 is 1.80 bits per heavy atom. The van der Waals surface area contributed by atoms with Crippen molar-refractivity contribution in [1.82, 2.24) is 5.32 Å². The predicted octanol–water partition coefficient (Wildman–Crippen LogP) is 5.83. The third-order valence-corrected chi connectivity index (χ3v) is 8.60. The Balaban J connectivity index is 1.44. The van der Waals surface area contributed by atoms with Crippen molar-refractivity contribution >= 4 is 40.6 Å². The van der Waals surface area contributed by atoms with Crippen LogP contribution in [0.1, 0.15) is 62.0 Å². The lowest BCUT2D eigenvalue weighted by atomic mass is 9.83. The van der Waals surface area contributed by atoms with Gasteiger partial charge in [-0.05, 0) is 67.3 Å². The molecular weight excluding hydrogens is 543 g/mol. The molecule has 3 aliphatic rings. The number of anilines is 2. The number of primary amides is 1. The fraction of sp³-hybridized carbons (Fsp3) is 0.500. The van der Waals surface area contributed by atoms with Crippen molar-refractivity contribution < 1.29 is 27.6 Å². The van der Waals surface area contributed by atoms with E-state index in [1.165, 1.54) is 5.56 Å². The smallest absolute Gasteiger partial charge is 0.369 e. The highest BCUT2D eigenvalue weighted by Gasteiger charge is 2.41. The first-order valence-electron chi connectivity index (χ1n) is 13.8. The van der Waals surface area contributed by atoms with E-state index in [1.54, 1.807) is 12.1 Å². The van der Waals surface area contributed by atoms with Crippen LogP contribution in [0.5, 0.6) is 0 Å². The molecule has 2 fully saturated rings. The van der Waals surface area contributed by atoms with E-state index < -0.39 is 48.7 Å². The zero-order valence-corrected chi connectivity index (χ0v) is 22.8. The molecule has 2 amide bonds. The van der Waals surface area contributed by atoms with Crippen molar-refractivity contribution in [3.8, 4) is 0 Å². The van der Waals surface area contributed by atoms with Gasteiger partial charge >= 0.3 is 6.18 Å². The van der Waals surface area contributed by atoms with E-state index >= 15 is 0 Å². The first kappa shape index (κ1) is 28.5. The molecule has 0 spiro atoms. The average Bonchev–Trinajstić information content (AvgIpc) is 3.80. The van der Waals surface area contributed by atoms with Crippen molar-refractivity contribution in [1.29, 1.82) is 0 Å². The van der Waals surface area contributed by atoms with E-state index in [0.717, 1.165) is 37.1 Å². The summed E-state index contributed by atoms with van der Waals surface area (Å²) >= 11 is 6.52. The molecule has 3 atom stereocenters. The Kier molecular flexibility index (Phi) is 8.13. The first-order chi connectivity index (χ1) is 19.0. The second-order valence-corrected chi connectivity index (χ2v) is 11.8. The number of nitrogens with two attached hydrogens (primary N) is 1. The zero-order valence-electron chi connectivity index (χ0n) is 22.1. The summed E-state index contributed by atoms with van der Waals surface area (Å²) in [5.41, 5.74) is 8.99. The van der Waals surface area contributed by atoms with Gasteiger partial charge in [-0.3, -0.25) is 14.4 Å².